The maximum Gasteiger partial charge on any atom is 0.144 e. The van der Waals surface area contributed by atoms with Gasteiger partial charge in [0.05, 0.1) is 5.69 Å². The Balaban J connectivity index is 2.24. The summed E-state index contributed by atoms with van der Waals surface area (Å²) in [4.78, 5) is 18.2. The van der Waals surface area contributed by atoms with Crippen molar-refractivity contribution in [2.45, 2.75) is 12.5 Å². The van der Waals surface area contributed by atoms with Gasteiger partial charge in [-0.2, -0.15) is 0 Å². The molecule has 2 aromatic rings. The number of nitrogens with zero attached hydrogens (tertiary/aromatic N) is 1. The monoisotopic (exact) mass is 198 g/mol. The lowest BCUT2D eigenvalue weighted by molar-refractivity contribution is -0.108. The normalized spacial score (nSPS) is 19.1. The SMILES string of the molecule is O=CC1Cc2c([nH]c3ccccc23)C=N1. The van der Waals surface area contributed by atoms with Crippen LogP contribution in [0, 0.1) is 0 Å². The number of aromatic amines is 1. The zero-order valence-electron chi connectivity index (χ0n) is 8.10. The van der Waals surface area contributed by atoms with Crippen LogP contribution in [0.15, 0.2) is 29.3 Å². The summed E-state index contributed by atoms with van der Waals surface area (Å²) in [6, 6.07) is 7.91. The molecule has 3 nitrogen and oxygen atoms in total. The Bertz CT molecular complexity index is 554. The molecule has 1 unspecified atom stereocenters. The number of aliphatic imine (C=N–C) groups is 1. The van der Waals surface area contributed by atoms with Gasteiger partial charge in [0.2, 0.25) is 0 Å². The number of aldehydes is 1. The number of carbonyl (C=O) groups is 1. The van der Waals surface area contributed by atoms with Crippen LogP contribution in [0.1, 0.15) is 11.3 Å². The number of benzene rings is 1. The smallest absolute Gasteiger partial charge is 0.144 e. The van der Waals surface area contributed by atoms with E-state index < -0.39 is 0 Å². The average molecular weight is 198 g/mol. The van der Waals surface area contributed by atoms with Gasteiger partial charge in [0.25, 0.3) is 0 Å². The highest BCUT2D eigenvalue weighted by atomic mass is 16.1. The van der Waals surface area contributed by atoms with E-state index in [-0.39, 0.29) is 6.04 Å². The minimum atomic E-state index is -0.211. The molecule has 0 saturated carbocycles. The molecule has 0 aliphatic carbocycles. The summed E-state index contributed by atoms with van der Waals surface area (Å²) >= 11 is 0. The molecule has 1 N–H and O–H groups in total. The molecule has 15 heavy (non-hydrogen) atoms. The lowest BCUT2D eigenvalue weighted by Crippen LogP contribution is -2.15. The molecule has 74 valence electrons. The second-order valence-corrected chi connectivity index (χ2v) is 3.75. The van der Waals surface area contributed by atoms with Crippen LogP contribution in [-0.2, 0) is 11.2 Å². The predicted molar refractivity (Wildman–Crippen MR) is 59.4 cm³/mol. The fourth-order valence-electron chi connectivity index (χ4n) is 2.07. The molecule has 1 aromatic heterocycles. The van der Waals surface area contributed by atoms with Gasteiger partial charge in [-0.05, 0) is 11.6 Å². The third-order valence-corrected chi connectivity index (χ3v) is 2.81. The second kappa shape index (κ2) is 3.05. The van der Waals surface area contributed by atoms with Crippen molar-refractivity contribution in [2.24, 2.45) is 4.99 Å². The van der Waals surface area contributed by atoms with Gasteiger partial charge in [-0.25, -0.2) is 0 Å². The molecule has 0 spiro atoms. The summed E-state index contributed by atoms with van der Waals surface area (Å²) in [5, 5.41) is 1.20. The van der Waals surface area contributed by atoms with Crippen LogP contribution in [0.2, 0.25) is 0 Å². The van der Waals surface area contributed by atoms with Crippen LogP contribution in [-0.4, -0.2) is 23.5 Å². The Hall–Kier alpha value is -1.90. The van der Waals surface area contributed by atoms with Crippen molar-refractivity contribution in [1.29, 1.82) is 0 Å². The number of fused-ring (bicyclic) bond motifs is 3. The molecule has 1 atom stereocenters. The number of para-hydroxylation sites is 1. The van der Waals surface area contributed by atoms with Crippen molar-refractivity contribution >= 4 is 23.4 Å². The number of rotatable bonds is 1. The third kappa shape index (κ3) is 1.20. The molecule has 1 aliphatic rings. The molecule has 0 amide bonds. The first-order chi connectivity index (χ1) is 7.38. The molecule has 2 heterocycles. The summed E-state index contributed by atoms with van der Waals surface area (Å²) in [5.74, 6) is 0. The standard InChI is InChI=1S/C12H10N2O/c15-7-8-5-10-9-3-1-2-4-11(9)14-12(10)6-13-8/h1-4,6-8,14H,5H2. The van der Waals surface area contributed by atoms with Crippen molar-refractivity contribution in [1.82, 2.24) is 4.98 Å². The minimum absolute atomic E-state index is 0.211. The highest BCUT2D eigenvalue weighted by Crippen LogP contribution is 2.25. The molecule has 1 aliphatic heterocycles. The van der Waals surface area contributed by atoms with Crippen LogP contribution >= 0.6 is 0 Å². The van der Waals surface area contributed by atoms with E-state index in [9.17, 15) is 4.79 Å². The quantitative estimate of drug-likeness (QED) is 0.696. The van der Waals surface area contributed by atoms with E-state index >= 15 is 0 Å². The Morgan fingerprint density at radius 3 is 3.13 bits per heavy atom. The summed E-state index contributed by atoms with van der Waals surface area (Å²) in [6.07, 6.45) is 3.37. The van der Waals surface area contributed by atoms with Gasteiger partial charge in [-0.15, -0.1) is 0 Å². The number of hydrogen-bond donors (Lipinski definition) is 1. The van der Waals surface area contributed by atoms with Crippen molar-refractivity contribution in [2.75, 3.05) is 0 Å². The highest BCUT2D eigenvalue weighted by Gasteiger charge is 2.18. The van der Waals surface area contributed by atoms with E-state index in [0.29, 0.717) is 6.42 Å². The zero-order chi connectivity index (χ0) is 10.3. The molecule has 0 bridgehead atoms. The number of carbonyl (C=O) groups excluding carboxylic acids is 1. The Morgan fingerprint density at radius 1 is 1.40 bits per heavy atom. The van der Waals surface area contributed by atoms with Gasteiger partial charge in [-0.1, -0.05) is 18.2 Å². The molecule has 3 heteroatoms. The highest BCUT2D eigenvalue weighted by molar-refractivity contribution is 5.95. The van der Waals surface area contributed by atoms with Gasteiger partial charge in [0.15, 0.2) is 0 Å². The van der Waals surface area contributed by atoms with Crippen molar-refractivity contribution < 1.29 is 4.79 Å². The molecule has 0 saturated heterocycles. The predicted octanol–water partition coefficient (Wildman–Crippen LogP) is 1.71. The van der Waals surface area contributed by atoms with E-state index in [0.717, 1.165) is 17.5 Å². The Morgan fingerprint density at radius 2 is 2.27 bits per heavy atom. The van der Waals surface area contributed by atoms with E-state index in [1.807, 2.05) is 18.2 Å². The Labute approximate surface area is 86.8 Å². The molecule has 1 aromatic carbocycles. The number of nitrogens with one attached hydrogen (secondary N) is 1. The zero-order valence-corrected chi connectivity index (χ0v) is 8.10. The van der Waals surface area contributed by atoms with Crippen LogP contribution < -0.4 is 0 Å². The van der Waals surface area contributed by atoms with Crippen LogP contribution in [0.25, 0.3) is 10.9 Å². The summed E-state index contributed by atoms with van der Waals surface area (Å²) in [5.41, 5.74) is 3.35. The van der Waals surface area contributed by atoms with E-state index in [2.05, 4.69) is 16.0 Å². The maximum atomic E-state index is 10.7. The van der Waals surface area contributed by atoms with Gasteiger partial charge < -0.3 is 9.78 Å². The van der Waals surface area contributed by atoms with Crippen molar-refractivity contribution in [3.63, 3.8) is 0 Å². The fourth-order valence-corrected chi connectivity index (χ4v) is 2.07. The topological polar surface area (TPSA) is 45.2 Å². The first-order valence-corrected chi connectivity index (χ1v) is 4.96. The van der Waals surface area contributed by atoms with Gasteiger partial charge in [0.1, 0.15) is 12.3 Å². The van der Waals surface area contributed by atoms with Crippen molar-refractivity contribution in [3.8, 4) is 0 Å². The Kier molecular flexibility index (Phi) is 1.71. The molecule has 0 radical (unpaired) electrons. The van der Waals surface area contributed by atoms with E-state index in [1.54, 1.807) is 6.21 Å². The van der Waals surface area contributed by atoms with Crippen LogP contribution in [0.4, 0.5) is 0 Å². The fraction of sp³-hybridized carbons (Fsp3) is 0.167. The lowest BCUT2D eigenvalue weighted by Gasteiger charge is -2.10. The summed E-state index contributed by atoms with van der Waals surface area (Å²) in [6.45, 7) is 0. The average Bonchev–Trinajstić information content (AvgIpc) is 2.66. The molecular weight excluding hydrogens is 188 g/mol. The van der Waals surface area contributed by atoms with Crippen LogP contribution in [0.3, 0.4) is 0 Å². The molecule has 0 fully saturated rings. The summed E-state index contributed by atoms with van der Waals surface area (Å²) < 4.78 is 0. The van der Waals surface area contributed by atoms with Gasteiger partial charge >= 0.3 is 0 Å². The van der Waals surface area contributed by atoms with E-state index in [1.165, 1.54) is 10.9 Å². The maximum absolute atomic E-state index is 10.7. The van der Waals surface area contributed by atoms with Gasteiger partial charge in [0, 0.05) is 23.5 Å². The van der Waals surface area contributed by atoms with E-state index in [4.69, 9.17) is 0 Å². The second-order valence-electron chi connectivity index (χ2n) is 3.75. The van der Waals surface area contributed by atoms with Gasteiger partial charge in [-0.3, -0.25) is 4.99 Å². The third-order valence-electron chi connectivity index (χ3n) is 2.81. The number of aromatic nitrogens is 1. The first kappa shape index (κ1) is 8.41. The summed E-state index contributed by atoms with van der Waals surface area (Å²) in [7, 11) is 0. The van der Waals surface area contributed by atoms with Crippen molar-refractivity contribution in [3.05, 3.63) is 35.5 Å². The largest absolute Gasteiger partial charge is 0.354 e. The number of hydrogen-bond acceptors (Lipinski definition) is 2. The lowest BCUT2D eigenvalue weighted by atomic mass is 10.0. The molecule has 3 rings (SSSR count). The first-order valence-electron chi connectivity index (χ1n) is 4.96. The number of H-pyrrole nitrogens is 1. The molecular formula is C12H10N2O. The minimum Gasteiger partial charge on any atom is -0.354 e. The van der Waals surface area contributed by atoms with Crippen LogP contribution in [0.5, 0.6) is 0 Å².